The first-order valence-corrected chi connectivity index (χ1v) is 5.74. The molecule has 88 valence electrons. The second-order valence-corrected chi connectivity index (χ2v) is 3.89. The van der Waals surface area contributed by atoms with Crippen molar-refractivity contribution in [1.82, 2.24) is 15.0 Å². The fraction of sp³-hybridized carbons (Fsp3) is 0.250. The van der Waals surface area contributed by atoms with Crippen LogP contribution in [-0.2, 0) is 6.42 Å². The van der Waals surface area contributed by atoms with Crippen LogP contribution < -0.4 is 4.74 Å². The Kier molecular flexibility index (Phi) is 3.49. The molecule has 2 aromatic heterocycles. The molecule has 2 aromatic rings. The summed E-state index contributed by atoms with van der Waals surface area (Å²) < 4.78 is 5.67. The second-order valence-electron chi connectivity index (χ2n) is 3.50. The maximum absolute atomic E-state index is 5.21. The number of methoxy groups -OCH3 is 1. The molecule has 0 aromatic carbocycles. The number of H-pyrrole nitrogens is 1. The quantitative estimate of drug-likeness (QED) is 0.847. The number of aromatic nitrogens is 3. The van der Waals surface area contributed by atoms with E-state index < -0.39 is 0 Å². The molecule has 0 spiro atoms. The van der Waals surface area contributed by atoms with E-state index in [1.165, 1.54) is 0 Å². The molecule has 0 saturated carbocycles. The van der Waals surface area contributed by atoms with Gasteiger partial charge in [0.25, 0.3) is 0 Å². The molecule has 0 aliphatic rings. The summed E-state index contributed by atoms with van der Waals surface area (Å²) in [6.45, 7) is 2.06. The van der Waals surface area contributed by atoms with Gasteiger partial charge in [0.15, 0.2) is 0 Å². The van der Waals surface area contributed by atoms with Gasteiger partial charge < -0.3 is 9.72 Å². The van der Waals surface area contributed by atoms with E-state index in [-0.39, 0.29) is 0 Å². The van der Waals surface area contributed by atoms with Crippen molar-refractivity contribution < 1.29 is 4.74 Å². The van der Waals surface area contributed by atoms with Crippen molar-refractivity contribution in [1.29, 1.82) is 0 Å². The van der Waals surface area contributed by atoms with Crippen LogP contribution in [0, 0.1) is 4.64 Å². The lowest BCUT2D eigenvalue weighted by molar-refractivity contribution is 0.398. The van der Waals surface area contributed by atoms with Crippen molar-refractivity contribution in [3.63, 3.8) is 0 Å². The lowest BCUT2D eigenvalue weighted by Gasteiger charge is -2.07. The van der Waals surface area contributed by atoms with Crippen LogP contribution in [0.4, 0.5) is 0 Å². The average Bonchev–Trinajstić information content (AvgIpc) is 2.38. The van der Waals surface area contributed by atoms with Gasteiger partial charge in [0.05, 0.1) is 19.1 Å². The third-order valence-corrected chi connectivity index (χ3v) is 2.89. The highest BCUT2D eigenvalue weighted by Crippen LogP contribution is 2.22. The monoisotopic (exact) mass is 247 g/mol. The van der Waals surface area contributed by atoms with Crippen LogP contribution in [-0.4, -0.2) is 22.1 Å². The topological polar surface area (TPSA) is 50.8 Å². The van der Waals surface area contributed by atoms with Gasteiger partial charge in [0.1, 0.15) is 4.64 Å². The molecule has 2 rings (SSSR count). The molecular weight excluding hydrogens is 234 g/mol. The fourth-order valence-corrected chi connectivity index (χ4v) is 1.96. The summed E-state index contributed by atoms with van der Waals surface area (Å²) in [6.07, 6.45) is 4.21. The number of nitrogens with zero attached hydrogens (tertiary/aromatic N) is 2. The van der Waals surface area contributed by atoms with E-state index in [0.29, 0.717) is 10.5 Å². The van der Waals surface area contributed by atoms with Crippen molar-refractivity contribution in [2.24, 2.45) is 0 Å². The Morgan fingerprint density at radius 1 is 1.35 bits per heavy atom. The molecule has 0 radical (unpaired) electrons. The number of hydrogen-bond donors (Lipinski definition) is 1. The molecular formula is C12H13N3OS. The molecule has 17 heavy (non-hydrogen) atoms. The summed E-state index contributed by atoms with van der Waals surface area (Å²) in [4.78, 5) is 11.4. The third-order valence-electron chi connectivity index (χ3n) is 2.54. The minimum Gasteiger partial charge on any atom is -0.481 e. The number of pyridine rings is 1. The molecule has 0 fully saturated rings. The van der Waals surface area contributed by atoms with Crippen LogP contribution in [0.15, 0.2) is 24.7 Å². The average molecular weight is 247 g/mol. The summed E-state index contributed by atoms with van der Waals surface area (Å²) in [7, 11) is 1.60. The first-order valence-electron chi connectivity index (χ1n) is 5.33. The Hall–Kier alpha value is -1.75. The SMILES string of the molecule is CCc1c(-c2ccc(OC)nc2)[nH]cnc1=S. The Bertz CT molecular complexity index is 563. The van der Waals surface area contributed by atoms with E-state index in [1.54, 1.807) is 19.6 Å². The van der Waals surface area contributed by atoms with Crippen molar-refractivity contribution in [2.75, 3.05) is 7.11 Å². The normalized spacial score (nSPS) is 10.2. The molecule has 0 saturated heterocycles. The van der Waals surface area contributed by atoms with Crippen LogP contribution >= 0.6 is 12.2 Å². The summed E-state index contributed by atoms with van der Waals surface area (Å²) in [5, 5.41) is 0. The molecule has 1 N–H and O–H groups in total. The highest BCUT2D eigenvalue weighted by atomic mass is 32.1. The van der Waals surface area contributed by atoms with Crippen molar-refractivity contribution in [2.45, 2.75) is 13.3 Å². The number of aromatic amines is 1. The molecule has 5 heteroatoms. The molecule has 0 bridgehead atoms. The van der Waals surface area contributed by atoms with Gasteiger partial charge in [-0.25, -0.2) is 9.97 Å². The maximum atomic E-state index is 5.21. The minimum atomic E-state index is 0.597. The molecule has 0 amide bonds. The molecule has 4 nitrogen and oxygen atoms in total. The predicted octanol–water partition coefficient (Wildman–Crippen LogP) is 2.77. The summed E-state index contributed by atoms with van der Waals surface area (Å²) in [5.74, 6) is 0.597. The lowest BCUT2D eigenvalue weighted by atomic mass is 10.1. The lowest BCUT2D eigenvalue weighted by Crippen LogP contribution is -1.96. The van der Waals surface area contributed by atoms with E-state index in [4.69, 9.17) is 17.0 Å². The zero-order valence-corrected chi connectivity index (χ0v) is 10.5. The van der Waals surface area contributed by atoms with Crippen LogP contribution in [0.25, 0.3) is 11.3 Å². The maximum Gasteiger partial charge on any atom is 0.212 e. The molecule has 0 unspecified atom stereocenters. The van der Waals surface area contributed by atoms with Gasteiger partial charge in [0, 0.05) is 23.4 Å². The van der Waals surface area contributed by atoms with E-state index in [1.807, 2.05) is 12.1 Å². The summed E-state index contributed by atoms with van der Waals surface area (Å²) in [5.41, 5.74) is 2.99. The van der Waals surface area contributed by atoms with Crippen LogP contribution in [0.3, 0.4) is 0 Å². The van der Waals surface area contributed by atoms with Gasteiger partial charge in [-0.05, 0) is 12.5 Å². The van der Waals surface area contributed by atoms with Gasteiger partial charge in [-0.3, -0.25) is 0 Å². The van der Waals surface area contributed by atoms with Crippen LogP contribution in [0.2, 0.25) is 0 Å². The van der Waals surface area contributed by atoms with E-state index >= 15 is 0 Å². The Labute approximate surface area is 105 Å². The van der Waals surface area contributed by atoms with Crippen molar-refractivity contribution in [3.8, 4) is 17.1 Å². The molecule has 0 atom stereocenters. The van der Waals surface area contributed by atoms with Crippen LogP contribution in [0.1, 0.15) is 12.5 Å². The van der Waals surface area contributed by atoms with E-state index in [9.17, 15) is 0 Å². The standard InChI is InChI=1S/C12H13N3OS/c1-3-9-11(14-7-15-12(9)17)8-4-5-10(16-2)13-6-8/h4-7H,3H2,1-2H3,(H,14,15,17). The van der Waals surface area contributed by atoms with Crippen molar-refractivity contribution in [3.05, 3.63) is 34.9 Å². The van der Waals surface area contributed by atoms with Gasteiger partial charge in [0.2, 0.25) is 5.88 Å². The van der Waals surface area contributed by atoms with Gasteiger partial charge in [-0.15, -0.1) is 0 Å². The minimum absolute atomic E-state index is 0.597. The Morgan fingerprint density at radius 3 is 2.76 bits per heavy atom. The number of nitrogens with one attached hydrogen (secondary N) is 1. The zero-order chi connectivity index (χ0) is 12.3. The smallest absolute Gasteiger partial charge is 0.212 e. The molecule has 2 heterocycles. The number of ether oxygens (including phenoxy) is 1. The zero-order valence-electron chi connectivity index (χ0n) is 9.73. The highest BCUT2D eigenvalue weighted by molar-refractivity contribution is 7.71. The first-order chi connectivity index (χ1) is 8.26. The fourth-order valence-electron chi connectivity index (χ4n) is 1.66. The van der Waals surface area contributed by atoms with E-state index in [0.717, 1.165) is 23.2 Å². The third kappa shape index (κ3) is 2.34. The Morgan fingerprint density at radius 2 is 2.18 bits per heavy atom. The molecule has 0 aliphatic carbocycles. The predicted molar refractivity (Wildman–Crippen MR) is 68.6 cm³/mol. The number of hydrogen-bond acceptors (Lipinski definition) is 4. The highest BCUT2D eigenvalue weighted by Gasteiger charge is 2.06. The number of rotatable bonds is 3. The van der Waals surface area contributed by atoms with Gasteiger partial charge in [-0.1, -0.05) is 19.1 Å². The summed E-state index contributed by atoms with van der Waals surface area (Å²) in [6, 6.07) is 3.78. The van der Waals surface area contributed by atoms with E-state index in [2.05, 4.69) is 21.9 Å². The first kappa shape index (κ1) is 11.7. The summed E-state index contributed by atoms with van der Waals surface area (Å²) >= 11 is 5.21. The van der Waals surface area contributed by atoms with Gasteiger partial charge >= 0.3 is 0 Å². The largest absolute Gasteiger partial charge is 0.481 e. The molecule has 0 aliphatic heterocycles. The second kappa shape index (κ2) is 5.05. The van der Waals surface area contributed by atoms with Crippen LogP contribution in [0.5, 0.6) is 5.88 Å². The van der Waals surface area contributed by atoms with Crippen molar-refractivity contribution >= 4 is 12.2 Å². The van der Waals surface area contributed by atoms with Gasteiger partial charge in [-0.2, -0.15) is 0 Å². The Balaban J connectivity index is 2.52.